The van der Waals surface area contributed by atoms with Gasteiger partial charge in [0.15, 0.2) is 0 Å². The van der Waals surface area contributed by atoms with E-state index < -0.39 is 11.7 Å². The van der Waals surface area contributed by atoms with E-state index in [1.807, 2.05) is 6.92 Å². The Morgan fingerprint density at radius 1 is 1.18 bits per heavy atom. The van der Waals surface area contributed by atoms with E-state index in [0.717, 1.165) is 0 Å². The average Bonchev–Trinajstić information content (AvgIpc) is 2.50. The fraction of sp³-hybridized carbons (Fsp3) is 0.125. The van der Waals surface area contributed by atoms with Gasteiger partial charge in [0.2, 0.25) is 0 Å². The zero-order chi connectivity index (χ0) is 16.1. The van der Waals surface area contributed by atoms with Gasteiger partial charge in [-0.25, -0.2) is 9.82 Å². The van der Waals surface area contributed by atoms with Crippen molar-refractivity contribution in [3.05, 3.63) is 69.5 Å². The first kappa shape index (κ1) is 16.5. The highest BCUT2D eigenvalue weighted by Crippen LogP contribution is 2.22. The number of amides is 1. The van der Waals surface area contributed by atoms with Crippen LogP contribution in [0.25, 0.3) is 0 Å². The fourth-order valence-electron chi connectivity index (χ4n) is 1.84. The Balaban J connectivity index is 2.18. The molecule has 0 atom stereocenters. The van der Waals surface area contributed by atoms with Gasteiger partial charge >= 0.3 is 0 Å². The summed E-state index contributed by atoms with van der Waals surface area (Å²) in [5.41, 5.74) is 4.09. The third kappa shape index (κ3) is 4.06. The maximum absolute atomic E-state index is 12.8. The van der Waals surface area contributed by atoms with Gasteiger partial charge in [0, 0.05) is 16.1 Å². The number of benzene rings is 2. The molecule has 3 nitrogen and oxygen atoms in total. The molecule has 0 spiro atoms. The normalized spacial score (nSPS) is 11.4. The largest absolute Gasteiger partial charge is 0.271 e. The monoisotopic (exact) mass is 338 g/mol. The molecule has 1 amide bonds. The van der Waals surface area contributed by atoms with Crippen LogP contribution in [0, 0.1) is 5.82 Å². The van der Waals surface area contributed by atoms with Crippen LogP contribution >= 0.6 is 23.2 Å². The summed E-state index contributed by atoms with van der Waals surface area (Å²) in [6, 6.07) is 10.3. The number of halogens is 3. The number of carbonyl (C=O) groups is 1. The Kier molecular flexibility index (Phi) is 5.52. The van der Waals surface area contributed by atoms with Crippen molar-refractivity contribution in [1.82, 2.24) is 5.43 Å². The van der Waals surface area contributed by atoms with Crippen LogP contribution in [0.2, 0.25) is 10.0 Å². The lowest BCUT2D eigenvalue weighted by Crippen LogP contribution is -2.20. The van der Waals surface area contributed by atoms with E-state index >= 15 is 0 Å². The molecule has 0 saturated heterocycles. The molecular formula is C16H13Cl2FN2O. The quantitative estimate of drug-likeness (QED) is 0.638. The van der Waals surface area contributed by atoms with Gasteiger partial charge in [-0.1, -0.05) is 36.2 Å². The molecule has 0 aliphatic rings. The second kappa shape index (κ2) is 7.38. The van der Waals surface area contributed by atoms with Gasteiger partial charge < -0.3 is 0 Å². The van der Waals surface area contributed by atoms with Crippen LogP contribution in [-0.4, -0.2) is 11.6 Å². The van der Waals surface area contributed by atoms with Gasteiger partial charge in [-0.2, -0.15) is 5.10 Å². The molecule has 2 rings (SSSR count). The Bertz CT molecular complexity index is 715. The van der Waals surface area contributed by atoms with E-state index in [0.29, 0.717) is 33.3 Å². The third-order valence-corrected chi connectivity index (χ3v) is 3.52. The maximum atomic E-state index is 12.8. The maximum Gasteiger partial charge on any atom is 0.271 e. The molecule has 0 radical (unpaired) electrons. The Morgan fingerprint density at radius 2 is 1.86 bits per heavy atom. The van der Waals surface area contributed by atoms with Gasteiger partial charge in [-0.3, -0.25) is 4.79 Å². The summed E-state index contributed by atoms with van der Waals surface area (Å²) in [6.45, 7) is 1.90. The van der Waals surface area contributed by atoms with E-state index in [9.17, 15) is 9.18 Å². The van der Waals surface area contributed by atoms with Crippen LogP contribution < -0.4 is 5.43 Å². The molecule has 0 aliphatic heterocycles. The lowest BCUT2D eigenvalue weighted by Gasteiger charge is -2.07. The zero-order valence-corrected chi connectivity index (χ0v) is 13.2. The molecule has 2 aromatic rings. The summed E-state index contributed by atoms with van der Waals surface area (Å²) < 4.78 is 12.8. The van der Waals surface area contributed by atoms with Gasteiger partial charge in [-0.05, 0) is 42.8 Å². The Hall–Kier alpha value is -1.91. The van der Waals surface area contributed by atoms with E-state index in [4.69, 9.17) is 23.2 Å². The predicted octanol–water partition coefficient (Wildman–Crippen LogP) is 4.68. The topological polar surface area (TPSA) is 41.5 Å². The smallest absolute Gasteiger partial charge is 0.267 e. The molecule has 22 heavy (non-hydrogen) atoms. The Labute approximate surface area is 137 Å². The van der Waals surface area contributed by atoms with Crippen LogP contribution in [0.4, 0.5) is 4.39 Å². The average molecular weight is 339 g/mol. The first-order valence-corrected chi connectivity index (χ1v) is 7.34. The summed E-state index contributed by atoms with van der Waals surface area (Å²) in [5.74, 6) is -0.821. The minimum absolute atomic E-state index is 0.322. The molecule has 114 valence electrons. The SMILES string of the molecule is CC/C(=N\NC(=O)c1ccc(F)cc1)c1ccc(Cl)cc1Cl. The molecule has 0 heterocycles. The lowest BCUT2D eigenvalue weighted by molar-refractivity contribution is 0.0955. The van der Waals surface area contributed by atoms with Gasteiger partial charge in [0.05, 0.1) is 10.7 Å². The number of hydrogen-bond donors (Lipinski definition) is 1. The lowest BCUT2D eigenvalue weighted by atomic mass is 10.1. The van der Waals surface area contributed by atoms with E-state index in [1.165, 1.54) is 24.3 Å². The molecule has 2 aromatic carbocycles. The van der Waals surface area contributed by atoms with Crippen molar-refractivity contribution in [3.63, 3.8) is 0 Å². The first-order chi connectivity index (χ1) is 10.5. The molecule has 6 heteroatoms. The van der Waals surface area contributed by atoms with Crippen LogP contribution in [-0.2, 0) is 0 Å². The van der Waals surface area contributed by atoms with E-state index in [2.05, 4.69) is 10.5 Å². The summed E-state index contributed by atoms with van der Waals surface area (Å²) in [6.07, 6.45) is 0.574. The molecule has 0 aromatic heterocycles. The summed E-state index contributed by atoms with van der Waals surface area (Å²) in [5, 5.41) is 5.09. The van der Waals surface area contributed by atoms with Crippen LogP contribution in [0.3, 0.4) is 0 Å². The van der Waals surface area contributed by atoms with Crippen molar-refractivity contribution in [2.24, 2.45) is 5.10 Å². The number of hydrazone groups is 1. The molecule has 0 bridgehead atoms. The number of hydrogen-bond acceptors (Lipinski definition) is 2. The summed E-state index contributed by atoms with van der Waals surface area (Å²) in [4.78, 5) is 12.0. The molecule has 0 aliphatic carbocycles. The third-order valence-electron chi connectivity index (χ3n) is 2.98. The minimum Gasteiger partial charge on any atom is -0.267 e. The standard InChI is InChI=1S/C16H13Cl2FN2O/c1-2-15(13-8-5-11(17)9-14(13)18)20-21-16(22)10-3-6-12(19)7-4-10/h3-9H,2H2,1H3,(H,21,22)/b20-15+. The van der Waals surface area contributed by atoms with Gasteiger partial charge in [0.1, 0.15) is 5.82 Å². The minimum atomic E-state index is -0.420. The summed E-state index contributed by atoms with van der Waals surface area (Å²) in [7, 11) is 0. The first-order valence-electron chi connectivity index (χ1n) is 6.59. The van der Waals surface area contributed by atoms with Crippen LogP contribution in [0.1, 0.15) is 29.3 Å². The van der Waals surface area contributed by atoms with Gasteiger partial charge in [0.25, 0.3) is 5.91 Å². The van der Waals surface area contributed by atoms with Crippen LogP contribution in [0.15, 0.2) is 47.6 Å². The van der Waals surface area contributed by atoms with Crippen molar-refractivity contribution >= 4 is 34.8 Å². The number of rotatable bonds is 4. The predicted molar refractivity (Wildman–Crippen MR) is 87.2 cm³/mol. The van der Waals surface area contributed by atoms with E-state index in [-0.39, 0.29) is 0 Å². The van der Waals surface area contributed by atoms with Crippen molar-refractivity contribution in [1.29, 1.82) is 0 Å². The highest BCUT2D eigenvalue weighted by Gasteiger charge is 2.09. The number of nitrogens with zero attached hydrogens (tertiary/aromatic N) is 1. The second-order valence-corrected chi connectivity index (χ2v) is 5.33. The molecular weight excluding hydrogens is 326 g/mol. The zero-order valence-electron chi connectivity index (χ0n) is 11.7. The van der Waals surface area contributed by atoms with E-state index in [1.54, 1.807) is 18.2 Å². The fourth-order valence-corrected chi connectivity index (χ4v) is 2.35. The highest BCUT2D eigenvalue weighted by molar-refractivity contribution is 6.37. The number of carbonyl (C=O) groups excluding carboxylic acids is 1. The van der Waals surface area contributed by atoms with Crippen molar-refractivity contribution in [2.45, 2.75) is 13.3 Å². The Morgan fingerprint density at radius 3 is 2.45 bits per heavy atom. The summed E-state index contributed by atoms with van der Waals surface area (Å²) >= 11 is 12.0. The molecule has 0 saturated carbocycles. The molecule has 0 unspecified atom stereocenters. The van der Waals surface area contributed by atoms with Gasteiger partial charge in [-0.15, -0.1) is 0 Å². The highest BCUT2D eigenvalue weighted by atomic mass is 35.5. The molecule has 1 N–H and O–H groups in total. The van der Waals surface area contributed by atoms with Crippen molar-refractivity contribution in [3.8, 4) is 0 Å². The second-order valence-electron chi connectivity index (χ2n) is 4.48. The van der Waals surface area contributed by atoms with Crippen molar-refractivity contribution < 1.29 is 9.18 Å². The number of nitrogens with one attached hydrogen (secondary N) is 1. The van der Waals surface area contributed by atoms with Crippen molar-refractivity contribution in [2.75, 3.05) is 0 Å². The molecule has 0 fully saturated rings. The van der Waals surface area contributed by atoms with Crippen LogP contribution in [0.5, 0.6) is 0 Å².